The first-order valence-electron chi connectivity index (χ1n) is 13.7. The van der Waals surface area contributed by atoms with Crippen molar-refractivity contribution in [1.29, 1.82) is 0 Å². The lowest BCUT2D eigenvalue weighted by atomic mass is 9.99. The maximum Gasteiger partial charge on any atom is 0.145 e. The first-order valence-corrected chi connectivity index (χ1v) is 14.1. The van der Waals surface area contributed by atoms with Gasteiger partial charge in [-0.1, -0.05) is 16.8 Å². The van der Waals surface area contributed by atoms with Crippen LogP contribution in [0.1, 0.15) is 17.3 Å². The second-order valence-corrected chi connectivity index (χ2v) is 11.2. The molecule has 1 fully saturated rings. The Bertz CT molecular complexity index is 1920. The average Bonchev–Trinajstić information content (AvgIpc) is 3.50. The smallest absolute Gasteiger partial charge is 0.145 e. The van der Waals surface area contributed by atoms with E-state index in [-0.39, 0.29) is 0 Å². The molecule has 0 saturated carbocycles. The number of nitrogens with one attached hydrogen (secondary N) is 1. The van der Waals surface area contributed by atoms with Gasteiger partial charge in [0, 0.05) is 64.8 Å². The Hall–Kier alpha value is -4.05. The molecule has 1 N–H and O–H groups in total. The Labute approximate surface area is 242 Å². The molecule has 208 valence electrons. The predicted molar refractivity (Wildman–Crippen MR) is 161 cm³/mol. The highest BCUT2D eigenvalue weighted by atomic mass is 35.5. The zero-order valence-electron chi connectivity index (χ0n) is 23.5. The fourth-order valence-electron chi connectivity index (χ4n) is 5.90. The summed E-state index contributed by atoms with van der Waals surface area (Å²) < 4.78 is 11.4. The van der Waals surface area contributed by atoms with Crippen molar-refractivity contribution in [2.45, 2.75) is 20.4 Å². The first-order chi connectivity index (χ1) is 19.9. The largest absolute Gasteiger partial charge is 0.496 e. The molecule has 0 amide bonds. The van der Waals surface area contributed by atoms with Crippen LogP contribution in [-0.4, -0.2) is 75.2 Å². The van der Waals surface area contributed by atoms with E-state index >= 15 is 0 Å². The molecule has 2 aromatic carbocycles. The van der Waals surface area contributed by atoms with E-state index in [1.54, 1.807) is 7.11 Å². The molecule has 5 heterocycles. The minimum absolute atomic E-state index is 0.652. The third-order valence-corrected chi connectivity index (χ3v) is 8.27. The second-order valence-electron chi connectivity index (χ2n) is 10.7. The Kier molecular flexibility index (Phi) is 6.37. The Balaban J connectivity index is 1.49. The van der Waals surface area contributed by atoms with Crippen LogP contribution in [0.2, 0.25) is 5.02 Å². The molecule has 7 rings (SSSR count). The van der Waals surface area contributed by atoms with Crippen LogP contribution in [0.3, 0.4) is 0 Å². The average molecular weight is 568 g/mol. The van der Waals surface area contributed by atoms with E-state index in [9.17, 15) is 0 Å². The third kappa shape index (κ3) is 4.50. The van der Waals surface area contributed by atoms with Crippen molar-refractivity contribution in [2.24, 2.45) is 0 Å². The number of hydrogen-bond donors (Lipinski definition) is 1. The summed E-state index contributed by atoms with van der Waals surface area (Å²) in [5.41, 5.74) is 7.02. The van der Waals surface area contributed by atoms with Gasteiger partial charge in [0.05, 0.1) is 41.5 Å². The van der Waals surface area contributed by atoms with Crippen LogP contribution in [0, 0.1) is 13.8 Å². The maximum atomic E-state index is 6.47. The van der Waals surface area contributed by atoms with Gasteiger partial charge in [-0.25, -0.2) is 9.97 Å². The summed E-state index contributed by atoms with van der Waals surface area (Å²) in [5, 5.41) is 7.66. The van der Waals surface area contributed by atoms with E-state index in [4.69, 9.17) is 30.8 Å². The lowest BCUT2D eigenvalue weighted by molar-refractivity contribution is 0.145. The third-order valence-electron chi connectivity index (χ3n) is 8.04. The minimum atomic E-state index is 0.652. The van der Waals surface area contributed by atoms with E-state index in [0.29, 0.717) is 11.6 Å². The molecular weight excluding hydrogens is 538 g/mol. The zero-order chi connectivity index (χ0) is 28.2. The normalized spacial score (nSPS) is 15.0. The van der Waals surface area contributed by atoms with Gasteiger partial charge >= 0.3 is 0 Å². The van der Waals surface area contributed by atoms with Crippen LogP contribution in [0.5, 0.6) is 5.75 Å². The van der Waals surface area contributed by atoms with Crippen LogP contribution < -0.4 is 4.74 Å². The van der Waals surface area contributed by atoms with Gasteiger partial charge in [0.2, 0.25) is 0 Å². The number of aromatic nitrogens is 5. The number of ether oxygens (including phenoxy) is 1. The molecule has 0 aliphatic carbocycles. The molecule has 0 bridgehead atoms. The number of nitrogens with zero attached hydrogens (tertiary/aromatic N) is 6. The lowest BCUT2D eigenvalue weighted by Crippen LogP contribution is -2.44. The van der Waals surface area contributed by atoms with Gasteiger partial charge in [-0.3, -0.25) is 9.88 Å². The number of H-pyrrole nitrogens is 1. The highest BCUT2D eigenvalue weighted by molar-refractivity contribution is 6.31. The zero-order valence-corrected chi connectivity index (χ0v) is 24.2. The van der Waals surface area contributed by atoms with Gasteiger partial charge < -0.3 is 19.1 Å². The van der Waals surface area contributed by atoms with E-state index in [1.807, 2.05) is 44.3 Å². The van der Waals surface area contributed by atoms with Crippen molar-refractivity contribution in [1.82, 2.24) is 34.9 Å². The highest BCUT2D eigenvalue weighted by Gasteiger charge is 2.23. The highest BCUT2D eigenvalue weighted by Crippen LogP contribution is 2.42. The number of rotatable bonds is 5. The molecule has 0 radical (unpaired) electrons. The fourth-order valence-corrected chi connectivity index (χ4v) is 6.07. The predicted octanol–water partition coefficient (Wildman–Crippen LogP) is 6.01. The number of piperazine rings is 1. The Morgan fingerprint density at radius 3 is 2.59 bits per heavy atom. The van der Waals surface area contributed by atoms with Crippen molar-refractivity contribution in [2.75, 3.05) is 40.3 Å². The first kappa shape index (κ1) is 25.9. The van der Waals surface area contributed by atoms with Crippen LogP contribution >= 0.6 is 11.6 Å². The quantitative estimate of drug-likeness (QED) is 0.271. The van der Waals surface area contributed by atoms with Crippen molar-refractivity contribution in [3.63, 3.8) is 0 Å². The SMILES string of the molecule is COc1cc2c(cc1-c1c(C)noc1C)[nH]c1nc(CN3CCN(C)CC3)nc(-c3ccnc4ccc(Cl)cc34)c12. The molecule has 0 atom stereocenters. The molecule has 1 aliphatic heterocycles. The summed E-state index contributed by atoms with van der Waals surface area (Å²) in [6, 6.07) is 11.9. The van der Waals surface area contributed by atoms with E-state index in [0.717, 1.165) is 104 Å². The lowest BCUT2D eigenvalue weighted by Gasteiger charge is -2.31. The number of likely N-dealkylation sites (N-methyl/N-ethyl adjacent to an activating group) is 1. The van der Waals surface area contributed by atoms with Gasteiger partial charge in [0.25, 0.3) is 0 Å². The maximum absolute atomic E-state index is 6.47. The summed E-state index contributed by atoms with van der Waals surface area (Å²) >= 11 is 6.47. The van der Waals surface area contributed by atoms with Gasteiger partial charge in [0.1, 0.15) is 23.0 Å². The van der Waals surface area contributed by atoms with E-state index < -0.39 is 0 Å². The number of fused-ring (bicyclic) bond motifs is 4. The summed E-state index contributed by atoms with van der Waals surface area (Å²) in [6.07, 6.45) is 1.82. The number of benzene rings is 2. The van der Waals surface area contributed by atoms with Gasteiger partial charge in [-0.15, -0.1) is 0 Å². The fraction of sp³-hybridized carbons (Fsp3) is 0.290. The number of aryl methyl sites for hydroxylation is 2. The van der Waals surface area contributed by atoms with E-state index in [2.05, 4.69) is 44.1 Å². The van der Waals surface area contributed by atoms with Crippen LogP contribution in [0.15, 0.2) is 47.1 Å². The number of halogens is 1. The molecule has 0 unspecified atom stereocenters. The van der Waals surface area contributed by atoms with Crippen LogP contribution in [0.4, 0.5) is 0 Å². The summed E-state index contributed by atoms with van der Waals surface area (Å²) in [7, 11) is 3.84. The summed E-state index contributed by atoms with van der Waals surface area (Å²) in [6.45, 7) is 8.53. The van der Waals surface area contributed by atoms with Gasteiger partial charge in [0.15, 0.2) is 0 Å². The molecular formula is C31H30ClN7O2. The molecule has 1 saturated heterocycles. The van der Waals surface area contributed by atoms with Crippen molar-refractivity contribution < 1.29 is 9.26 Å². The second kappa shape index (κ2) is 10.1. The molecule has 9 nitrogen and oxygen atoms in total. The molecule has 41 heavy (non-hydrogen) atoms. The Morgan fingerprint density at radius 2 is 1.83 bits per heavy atom. The standard InChI is InChI=1S/C31H30ClN7O2/c1-17-28(18(2)41-37-17)23-14-25-22(15-26(23)40-4)29-30(20-7-8-33-24-6-5-19(32)13-21(20)24)35-27(36-31(29)34-25)16-39-11-9-38(3)10-12-39/h5-8,13-15H,9-12,16H2,1-4H3,(H,34,35,36). The molecule has 4 aromatic heterocycles. The molecule has 10 heteroatoms. The number of pyridine rings is 1. The number of aromatic amines is 1. The number of methoxy groups -OCH3 is 1. The molecule has 6 aromatic rings. The van der Waals surface area contributed by atoms with Crippen molar-refractivity contribution >= 4 is 44.4 Å². The van der Waals surface area contributed by atoms with Crippen molar-refractivity contribution in [3.8, 4) is 28.1 Å². The van der Waals surface area contributed by atoms with Crippen molar-refractivity contribution in [3.05, 3.63) is 64.9 Å². The summed E-state index contributed by atoms with van der Waals surface area (Å²) in [4.78, 5) is 23.2. The van der Waals surface area contributed by atoms with Crippen LogP contribution in [0.25, 0.3) is 55.2 Å². The van der Waals surface area contributed by atoms with Gasteiger partial charge in [-0.05, 0) is 57.3 Å². The minimum Gasteiger partial charge on any atom is -0.496 e. The van der Waals surface area contributed by atoms with E-state index in [1.165, 1.54) is 0 Å². The summed E-state index contributed by atoms with van der Waals surface area (Å²) in [5.74, 6) is 2.24. The monoisotopic (exact) mass is 567 g/mol. The molecule has 0 spiro atoms. The Morgan fingerprint density at radius 1 is 1.00 bits per heavy atom. The van der Waals surface area contributed by atoms with Crippen LogP contribution in [-0.2, 0) is 6.54 Å². The van der Waals surface area contributed by atoms with Gasteiger partial charge in [-0.2, -0.15) is 0 Å². The topological polar surface area (TPSA) is 96.2 Å². The number of hydrogen-bond acceptors (Lipinski definition) is 8. The molecule has 1 aliphatic rings.